The molecule has 22 heavy (non-hydrogen) atoms. The van der Waals surface area contributed by atoms with Crippen LogP contribution in [-0.4, -0.2) is 24.2 Å². The van der Waals surface area contributed by atoms with Crippen LogP contribution in [0.15, 0.2) is 48.5 Å². The third-order valence-corrected chi connectivity index (χ3v) is 4.02. The van der Waals surface area contributed by atoms with Gasteiger partial charge in [-0.15, -0.1) is 0 Å². The average Bonchev–Trinajstić information content (AvgIpc) is 2.83. The molecule has 3 rings (SSSR count). The maximum atomic E-state index is 12.3. The zero-order valence-corrected chi connectivity index (χ0v) is 12.5. The summed E-state index contributed by atoms with van der Waals surface area (Å²) in [5.74, 6) is 0.630. The Labute approximate surface area is 129 Å². The van der Waals surface area contributed by atoms with Gasteiger partial charge >= 0.3 is 0 Å². The van der Waals surface area contributed by atoms with Gasteiger partial charge in [-0.25, -0.2) is 0 Å². The number of amides is 1. The SMILES string of the molecule is COc1cccc(CC(=O)N[C@@H]2c3ccccc3C[C@@H]2O)c1. The lowest BCUT2D eigenvalue weighted by Crippen LogP contribution is -2.34. The minimum absolute atomic E-state index is 0.103. The lowest BCUT2D eigenvalue weighted by Gasteiger charge is -2.18. The molecule has 0 heterocycles. The Morgan fingerprint density at radius 1 is 1.27 bits per heavy atom. The zero-order chi connectivity index (χ0) is 15.5. The first-order chi connectivity index (χ1) is 10.7. The Bertz CT molecular complexity index is 684. The molecule has 0 saturated heterocycles. The van der Waals surface area contributed by atoms with Crippen molar-refractivity contribution < 1.29 is 14.6 Å². The fourth-order valence-electron chi connectivity index (χ4n) is 2.94. The van der Waals surface area contributed by atoms with Crippen LogP contribution in [0.5, 0.6) is 5.75 Å². The van der Waals surface area contributed by atoms with Gasteiger partial charge in [0.2, 0.25) is 5.91 Å². The van der Waals surface area contributed by atoms with E-state index in [1.165, 1.54) is 0 Å². The Morgan fingerprint density at radius 2 is 2.09 bits per heavy atom. The summed E-state index contributed by atoms with van der Waals surface area (Å²) in [6.45, 7) is 0. The lowest BCUT2D eigenvalue weighted by atomic mass is 10.1. The maximum Gasteiger partial charge on any atom is 0.224 e. The lowest BCUT2D eigenvalue weighted by molar-refractivity contribution is -0.121. The van der Waals surface area contributed by atoms with Crippen LogP contribution in [-0.2, 0) is 17.6 Å². The van der Waals surface area contributed by atoms with Crippen LogP contribution < -0.4 is 10.1 Å². The fourth-order valence-corrected chi connectivity index (χ4v) is 2.94. The summed E-state index contributed by atoms with van der Waals surface area (Å²) in [5, 5.41) is 13.1. The second-order valence-electron chi connectivity index (χ2n) is 5.54. The van der Waals surface area contributed by atoms with Crippen LogP contribution in [0.25, 0.3) is 0 Å². The molecule has 4 heteroatoms. The van der Waals surface area contributed by atoms with Crippen LogP contribution in [0.3, 0.4) is 0 Å². The van der Waals surface area contributed by atoms with E-state index in [2.05, 4.69) is 5.32 Å². The summed E-state index contributed by atoms with van der Waals surface area (Å²) in [6.07, 6.45) is 0.287. The first-order valence-electron chi connectivity index (χ1n) is 7.35. The van der Waals surface area contributed by atoms with E-state index < -0.39 is 6.10 Å². The van der Waals surface area contributed by atoms with Gasteiger partial charge in [0.25, 0.3) is 0 Å². The molecule has 0 aliphatic heterocycles. The van der Waals surface area contributed by atoms with E-state index in [9.17, 15) is 9.90 Å². The van der Waals surface area contributed by atoms with E-state index >= 15 is 0 Å². The van der Waals surface area contributed by atoms with Crippen molar-refractivity contribution in [1.82, 2.24) is 5.32 Å². The summed E-state index contributed by atoms with van der Waals surface area (Å²) >= 11 is 0. The van der Waals surface area contributed by atoms with Gasteiger partial charge in [0.05, 0.1) is 25.7 Å². The van der Waals surface area contributed by atoms with Crippen molar-refractivity contribution in [2.45, 2.75) is 25.0 Å². The highest BCUT2D eigenvalue weighted by Gasteiger charge is 2.31. The summed E-state index contributed by atoms with van der Waals surface area (Å²) in [7, 11) is 1.60. The topological polar surface area (TPSA) is 58.6 Å². The maximum absolute atomic E-state index is 12.3. The molecule has 2 aromatic carbocycles. The van der Waals surface area contributed by atoms with Crippen LogP contribution in [0, 0.1) is 0 Å². The normalized spacial score (nSPS) is 19.5. The Morgan fingerprint density at radius 3 is 2.91 bits per heavy atom. The highest BCUT2D eigenvalue weighted by molar-refractivity contribution is 5.79. The molecule has 2 atom stereocenters. The number of carbonyl (C=O) groups is 1. The smallest absolute Gasteiger partial charge is 0.224 e. The van der Waals surface area contributed by atoms with Gasteiger partial charge in [0.15, 0.2) is 0 Å². The molecule has 1 amide bonds. The van der Waals surface area contributed by atoms with Gasteiger partial charge in [0.1, 0.15) is 5.75 Å². The molecule has 1 aliphatic carbocycles. The van der Waals surface area contributed by atoms with E-state index in [1.54, 1.807) is 7.11 Å². The first kappa shape index (κ1) is 14.6. The number of hydrogen-bond donors (Lipinski definition) is 2. The number of fused-ring (bicyclic) bond motifs is 1. The first-order valence-corrected chi connectivity index (χ1v) is 7.35. The van der Waals surface area contributed by atoms with Crippen LogP contribution >= 0.6 is 0 Å². The molecular formula is C18H19NO3. The van der Waals surface area contributed by atoms with Gasteiger partial charge in [-0.05, 0) is 28.8 Å². The largest absolute Gasteiger partial charge is 0.497 e. The predicted molar refractivity (Wildman–Crippen MR) is 83.7 cm³/mol. The van der Waals surface area contributed by atoms with Crippen LogP contribution in [0.2, 0.25) is 0 Å². The van der Waals surface area contributed by atoms with Gasteiger partial charge in [-0.1, -0.05) is 36.4 Å². The average molecular weight is 297 g/mol. The van der Waals surface area contributed by atoms with E-state index in [0.29, 0.717) is 6.42 Å². The van der Waals surface area contributed by atoms with Crippen molar-refractivity contribution in [2.75, 3.05) is 7.11 Å². The van der Waals surface area contributed by atoms with E-state index in [0.717, 1.165) is 22.4 Å². The highest BCUT2D eigenvalue weighted by atomic mass is 16.5. The summed E-state index contributed by atoms with van der Waals surface area (Å²) in [5.41, 5.74) is 2.99. The molecule has 0 bridgehead atoms. The van der Waals surface area contributed by atoms with Gasteiger partial charge in [-0.3, -0.25) is 4.79 Å². The molecule has 2 N–H and O–H groups in total. The number of aliphatic hydroxyl groups excluding tert-OH is 1. The number of hydrogen-bond acceptors (Lipinski definition) is 3. The van der Waals surface area contributed by atoms with Crippen LogP contribution in [0.1, 0.15) is 22.7 Å². The van der Waals surface area contributed by atoms with Crippen molar-refractivity contribution in [3.63, 3.8) is 0 Å². The van der Waals surface area contributed by atoms with Crippen LogP contribution in [0.4, 0.5) is 0 Å². The van der Waals surface area contributed by atoms with E-state index in [-0.39, 0.29) is 18.4 Å². The van der Waals surface area contributed by atoms with E-state index in [1.807, 2.05) is 48.5 Å². The van der Waals surface area contributed by atoms with Gasteiger partial charge in [-0.2, -0.15) is 0 Å². The predicted octanol–water partition coefficient (Wildman–Crippen LogP) is 2.01. The highest BCUT2D eigenvalue weighted by Crippen LogP contribution is 2.31. The van der Waals surface area contributed by atoms with Crippen molar-refractivity contribution in [2.24, 2.45) is 0 Å². The number of aliphatic hydroxyl groups is 1. The molecule has 114 valence electrons. The van der Waals surface area contributed by atoms with Crippen molar-refractivity contribution >= 4 is 5.91 Å². The molecule has 1 aliphatic rings. The standard InChI is InChI=1S/C18H19NO3/c1-22-14-7-4-5-12(9-14)10-17(21)19-18-15-8-3-2-6-13(15)11-16(18)20/h2-9,16,18,20H,10-11H2,1H3,(H,19,21)/t16-,18+/m0/s1. The number of nitrogens with one attached hydrogen (secondary N) is 1. The third kappa shape index (κ3) is 2.97. The van der Waals surface area contributed by atoms with Crippen molar-refractivity contribution in [1.29, 1.82) is 0 Å². The second kappa shape index (κ2) is 6.20. The van der Waals surface area contributed by atoms with Crippen molar-refractivity contribution in [3.05, 3.63) is 65.2 Å². The molecule has 4 nitrogen and oxygen atoms in total. The molecule has 0 spiro atoms. The molecule has 0 fully saturated rings. The number of methoxy groups -OCH3 is 1. The number of ether oxygens (including phenoxy) is 1. The Hall–Kier alpha value is -2.33. The molecule has 0 radical (unpaired) electrons. The molecule has 0 saturated carbocycles. The summed E-state index contributed by atoms with van der Waals surface area (Å²) in [4.78, 5) is 12.3. The minimum atomic E-state index is -0.563. The number of benzene rings is 2. The third-order valence-electron chi connectivity index (χ3n) is 4.02. The summed E-state index contributed by atoms with van der Waals surface area (Å²) in [6, 6.07) is 15.0. The quantitative estimate of drug-likeness (QED) is 0.907. The van der Waals surface area contributed by atoms with Gasteiger partial charge < -0.3 is 15.2 Å². The fraction of sp³-hybridized carbons (Fsp3) is 0.278. The van der Waals surface area contributed by atoms with Crippen molar-refractivity contribution in [3.8, 4) is 5.75 Å². The molecular weight excluding hydrogens is 278 g/mol. The Balaban J connectivity index is 1.69. The minimum Gasteiger partial charge on any atom is -0.497 e. The molecule has 0 aromatic heterocycles. The van der Waals surface area contributed by atoms with Gasteiger partial charge in [0, 0.05) is 6.42 Å². The zero-order valence-electron chi connectivity index (χ0n) is 12.5. The molecule has 2 aromatic rings. The summed E-state index contributed by atoms with van der Waals surface area (Å²) < 4.78 is 5.16. The molecule has 0 unspecified atom stereocenters. The number of rotatable bonds is 4. The monoisotopic (exact) mass is 297 g/mol. The van der Waals surface area contributed by atoms with E-state index in [4.69, 9.17) is 4.74 Å². The Kier molecular flexibility index (Phi) is 4.11. The number of carbonyl (C=O) groups excluding carboxylic acids is 1. The second-order valence-corrected chi connectivity index (χ2v) is 5.54.